The highest BCUT2D eigenvalue weighted by atomic mass is 32.2. The van der Waals surface area contributed by atoms with E-state index in [0.717, 1.165) is 6.92 Å². The SMILES string of the molecule is CSc1cc(NC(=O)c2c(N3CCC4(CC3)C(F)(F)C4(F)F)ncc(C(F)(F)F)c2C)ccn1. The first-order valence-corrected chi connectivity index (χ1v) is 11.4. The van der Waals surface area contributed by atoms with Gasteiger partial charge in [-0.25, -0.2) is 9.97 Å². The molecule has 34 heavy (non-hydrogen) atoms. The normalized spacial score (nSPS) is 20.3. The number of aromatic nitrogens is 2. The van der Waals surface area contributed by atoms with Gasteiger partial charge in [0, 0.05) is 31.2 Å². The molecule has 2 fully saturated rings. The Kier molecular flexibility index (Phi) is 5.77. The maximum atomic E-state index is 13.8. The van der Waals surface area contributed by atoms with Gasteiger partial charge in [0.05, 0.1) is 16.2 Å². The monoisotopic (exact) mass is 508 g/mol. The summed E-state index contributed by atoms with van der Waals surface area (Å²) in [6, 6.07) is 2.98. The van der Waals surface area contributed by atoms with Gasteiger partial charge in [-0.1, -0.05) is 0 Å². The van der Waals surface area contributed by atoms with Crippen molar-refractivity contribution in [2.24, 2.45) is 5.41 Å². The van der Waals surface area contributed by atoms with Crippen molar-refractivity contribution in [2.45, 2.75) is 42.8 Å². The molecule has 2 aromatic heterocycles. The minimum absolute atomic E-state index is 0.177. The van der Waals surface area contributed by atoms with Crippen LogP contribution in [0.4, 0.5) is 42.2 Å². The van der Waals surface area contributed by atoms with Crippen LogP contribution in [-0.2, 0) is 6.18 Å². The summed E-state index contributed by atoms with van der Waals surface area (Å²) in [7, 11) is 0. The Hall–Kier alpha value is -2.57. The van der Waals surface area contributed by atoms with Crippen molar-refractivity contribution >= 4 is 29.2 Å². The molecule has 1 amide bonds. The van der Waals surface area contributed by atoms with Gasteiger partial charge in [0.15, 0.2) is 0 Å². The number of thioether (sulfide) groups is 1. The third kappa shape index (κ3) is 3.59. The lowest BCUT2D eigenvalue weighted by Gasteiger charge is -2.34. The van der Waals surface area contributed by atoms with Gasteiger partial charge in [-0.05, 0) is 43.7 Å². The molecule has 1 aliphatic heterocycles. The Labute approximate surface area is 194 Å². The van der Waals surface area contributed by atoms with Crippen LogP contribution in [0.3, 0.4) is 0 Å². The van der Waals surface area contributed by atoms with Crippen molar-refractivity contribution in [1.29, 1.82) is 0 Å². The number of anilines is 2. The summed E-state index contributed by atoms with van der Waals surface area (Å²) in [5, 5.41) is 3.08. The Bertz CT molecular complexity index is 1110. The van der Waals surface area contributed by atoms with E-state index in [2.05, 4.69) is 15.3 Å². The third-order valence-electron chi connectivity index (χ3n) is 6.50. The van der Waals surface area contributed by atoms with E-state index in [-0.39, 0.29) is 24.6 Å². The number of amides is 1. The molecular weight excluding hydrogens is 489 g/mol. The molecule has 1 N–H and O–H groups in total. The average molecular weight is 508 g/mol. The lowest BCUT2D eigenvalue weighted by atomic mass is 9.91. The summed E-state index contributed by atoms with van der Waals surface area (Å²) in [5.74, 6) is -9.34. The summed E-state index contributed by atoms with van der Waals surface area (Å²) in [6.07, 6.45) is -2.24. The van der Waals surface area contributed by atoms with E-state index < -0.39 is 58.9 Å². The number of hydrogen-bond donors (Lipinski definition) is 1. The number of alkyl halides is 7. The largest absolute Gasteiger partial charge is 0.418 e. The van der Waals surface area contributed by atoms with Crippen LogP contribution in [0.2, 0.25) is 0 Å². The van der Waals surface area contributed by atoms with Gasteiger partial charge in [-0.2, -0.15) is 30.7 Å². The number of rotatable bonds is 4. The van der Waals surface area contributed by atoms with Crippen LogP contribution in [0.1, 0.15) is 34.3 Å². The maximum absolute atomic E-state index is 13.8. The van der Waals surface area contributed by atoms with E-state index in [1.807, 2.05) is 0 Å². The number of hydrogen-bond acceptors (Lipinski definition) is 5. The van der Waals surface area contributed by atoms with Gasteiger partial charge in [-0.3, -0.25) is 4.79 Å². The number of nitrogens with one attached hydrogen (secondary N) is 1. The highest BCUT2D eigenvalue weighted by molar-refractivity contribution is 7.98. The quantitative estimate of drug-likeness (QED) is 0.428. The van der Waals surface area contributed by atoms with Crippen LogP contribution in [0.5, 0.6) is 0 Å². The zero-order chi connectivity index (χ0) is 25.1. The highest BCUT2D eigenvalue weighted by Crippen LogP contribution is 2.76. The van der Waals surface area contributed by atoms with Crippen LogP contribution >= 0.6 is 11.8 Å². The first-order valence-electron chi connectivity index (χ1n) is 10.2. The number of nitrogens with zero attached hydrogens (tertiary/aromatic N) is 3. The second-order valence-electron chi connectivity index (χ2n) is 8.25. The molecule has 1 spiro atoms. The predicted molar refractivity (Wildman–Crippen MR) is 112 cm³/mol. The van der Waals surface area contributed by atoms with Crippen molar-refractivity contribution in [3.05, 3.63) is 41.2 Å². The first kappa shape index (κ1) is 24.6. The number of halogens is 7. The van der Waals surface area contributed by atoms with Crippen LogP contribution in [-0.4, -0.2) is 47.1 Å². The predicted octanol–water partition coefficient (Wildman–Crippen LogP) is 5.65. The standard InChI is InChI=1S/C21H19F7N4OS/c1-11-13(19(22,23)24)10-30-16(15(11)17(33)31-12-3-6-29-14(9-12)34-2)32-7-4-18(5-8-32)20(25,26)21(18,27)28/h3,6,9-10H,4-5,7-8H2,1-2H3,(H,29,31,33). The van der Waals surface area contributed by atoms with Crippen molar-refractivity contribution in [3.8, 4) is 0 Å². The second-order valence-corrected chi connectivity index (χ2v) is 9.08. The van der Waals surface area contributed by atoms with Crippen molar-refractivity contribution in [2.75, 3.05) is 29.6 Å². The van der Waals surface area contributed by atoms with Crippen LogP contribution in [0, 0.1) is 12.3 Å². The summed E-state index contributed by atoms with van der Waals surface area (Å²) in [5.41, 5.74) is -4.12. The number of carbonyl (C=O) groups is 1. The van der Waals surface area contributed by atoms with E-state index in [1.165, 1.54) is 35.0 Å². The minimum Gasteiger partial charge on any atom is -0.356 e. The fraction of sp³-hybridized carbons (Fsp3) is 0.476. The van der Waals surface area contributed by atoms with Crippen molar-refractivity contribution < 1.29 is 35.5 Å². The average Bonchev–Trinajstić information content (AvgIpc) is 3.09. The van der Waals surface area contributed by atoms with Crippen LogP contribution in [0.25, 0.3) is 0 Å². The molecule has 0 radical (unpaired) electrons. The van der Waals surface area contributed by atoms with Crippen LogP contribution in [0.15, 0.2) is 29.6 Å². The Morgan fingerprint density at radius 2 is 1.74 bits per heavy atom. The van der Waals surface area contributed by atoms with E-state index in [1.54, 1.807) is 6.26 Å². The molecule has 1 saturated carbocycles. The summed E-state index contributed by atoms with van der Waals surface area (Å²) in [6.45, 7) is 0.488. The molecule has 4 rings (SSSR count). The topological polar surface area (TPSA) is 58.1 Å². The molecule has 0 atom stereocenters. The van der Waals surface area contributed by atoms with Crippen LogP contribution < -0.4 is 10.2 Å². The third-order valence-corrected chi connectivity index (χ3v) is 7.14. The van der Waals surface area contributed by atoms with Gasteiger partial charge in [0.25, 0.3) is 5.91 Å². The lowest BCUT2D eigenvalue weighted by molar-refractivity contribution is -0.138. The molecule has 3 heterocycles. The number of piperidine rings is 1. The van der Waals surface area contributed by atoms with Gasteiger partial charge in [-0.15, -0.1) is 11.8 Å². The second kappa shape index (κ2) is 7.99. The number of carbonyl (C=O) groups excluding carboxylic acids is 1. The molecule has 13 heteroatoms. The summed E-state index contributed by atoms with van der Waals surface area (Å²) in [4.78, 5) is 22.3. The highest BCUT2D eigenvalue weighted by Gasteiger charge is 2.95. The molecule has 2 aliphatic rings. The minimum atomic E-state index is -4.79. The summed E-state index contributed by atoms with van der Waals surface area (Å²) < 4.78 is 95.6. The Morgan fingerprint density at radius 1 is 1.12 bits per heavy atom. The molecule has 5 nitrogen and oxygen atoms in total. The zero-order valence-electron chi connectivity index (χ0n) is 17.9. The fourth-order valence-electron chi connectivity index (χ4n) is 4.43. The Morgan fingerprint density at radius 3 is 2.26 bits per heavy atom. The maximum Gasteiger partial charge on any atom is 0.418 e. The molecule has 184 valence electrons. The molecule has 0 bridgehead atoms. The van der Waals surface area contributed by atoms with E-state index >= 15 is 0 Å². The summed E-state index contributed by atoms with van der Waals surface area (Å²) >= 11 is 1.29. The van der Waals surface area contributed by atoms with Crippen molar-refractivity contribution in [3.63, 3.8) is 0 Å². The lowest BCUT2D eigenvalue weighted by Crippen LogP contribution is -2.39. The molecule has 2 aromatic rings. The molecule has 1 aliphatic carbocycles. The van der Waals surface area contributed by atoms with Crippen molar-refractivity contribution in [1.82, 2.24) is 9.97 Å². The molecule has 0 unspecified atom stereocenters. The van der Waals surface area contributed by atoms with Gasteiger partial charge < -0.3 is 10.2 Å². The molecule has 0 aromatic carbocycles. The number of pyridine rings is 2. The van der Waals surface area contributed by atoms with E-state index in [9.17, 15) is 35.5 Å². The van der Waals surface area contributed by atoms with Gasteiger partial charge >= 0.3 is 18.0 Å². The smallest absolute Gasteiger partial charge is 0.356 e. The zero-order valence-corrected chi connectivity index (χ0v) is 18.8. The first-order chi connectivity index (χ1) is 15.8. The molecule has 1 saturated heterocycles. The van der Waals surface area contributed by atoms with Gasteiger partial charge in [0.1, 0.15) is 11.2 Å². The van der Waals surface area contributed by atoms with Gasteiger partial charge in [0.2, 0.25) is 0 Å². The molecular formula is C21H19F7N4OS. The fourth-order valence-corrected chi connectivity index (χ4v) is 4.84. The van der Waals surface area contributed by atoms with E-state index in [4.69, 9.17) is 0 Å². The van der Waals surface area contributed by atoms with E-state index in [0.29, 0.717) is 11.2 Å². The Balaban J connectivity index is 1.68.